The van der Waals surface area contributed by atoms with Crippen LogP contribution in [0, 0.1) is 42.4 Å². The van der Waals surface area contributed by atoms with Crippen molar-refractivity contribution in [3.05, 3.63) is 76.8 Å². The molecule has 2 amide bonds. The van der Waals surface area contributed by atoms with E-state index >= 15 is 0 Å². The van der Waals surface area contributed by atoms with Gasteiger partial charge in [0.25, 0.3) is 0 Å². The van der Waals surface area contributed by atoms with Crippen LogP contribution in [0.1, 0.15) is 23.6 Å². The third-order valence-electron chi connectivity index (χ3n) is 7.64. The van der Waals surface area contributed by atoms with E-state index in [0.29, 0.717) is 28.2 Å². The fraction of sp³-hybridized carbons (Fsp3) is 0.346. The van der Waals surface area contributed by atoms with Gasteiger partial charge in [0, 0.05) is 5.02 Å². The van der Waals surface area contributed by atoms with Crippen LogP contribution in [0.25, 0.3) is 0 Å². The summed E-state index contributed by atoms with van der Waals surface area (Å²) in [6, 6.07) is 12.8. The molecule has 2 saturated carbocycles. The van der Waals surface area contributed by atoms with Crippen LogP contribution < -0.4 is 4.74 Å². The van der Waals surface area contributed by atoms with Crippen molar-refractivity contribution in [1.82, 2.24) is 4.90 Å². The first kappa shape index (κ1) is 19.7. The second-order valence-corrected chi connectivity index (χ2v) is 9.75. The van der Waals surface area contributed by atoms with Gasteiger partial charge in [0.05, 0.1) is 11.8 Å². The molecule has 0 N–H and O–H groups in total. The van der Waals surface area contributed by atoms with Crippen molar-refractivity contribution in [2.45, 2.75) is 19.4 Å². The van der Waals surface area contributed by atoms with E-state index in [4.69, 9.17) is 16.3 Å². The smallest absolute Gasteiger partial charge is 0.339 e. The Balaban J connectivity index is 1.37. The first-order valence-corrected chi connectivity index (χ1v) is 11.4. The average Bonchev–Trinajstić information content (AvgIpc) is 3.57. The van der Waals surface area contributed by atoms with Gasteiger partial charge in [-0.05, 0) is 66.3 Å². The van der Waals surface area contributed by atoms with Gasteiger partial charge in [-0.3, -0.25) is 14.5 Å². The Labute approximate surface area is 191 Å². The lowest BCUT2D eigenvalue weighted by Crippen LogP contribution is -2.41. The summed E-state index contributed by atoms with van der Waals surface area (Å²) in [6.07, 6.45) is 5.35. The number of allylic oxidation sites excluding steroid dienone is 2. The summed E-state index contributed by atoms with van der Waals surface area (Å²) in [7, 11) is 0. The molecule has 2 bridgehead atoms. The van der Waals surface area contributed by atoms with Crippen molar-refractivity contribution in [3.63, 3.8) is 0 Å². The minimum atomic E-state index is -1.12. The fourth-order valence-electron chi connectivity index (χ4n) is 6.11. The SMILES string of the molecule is Cc1cc(OC(=O)C(c2ccccc2)N2C(=O)C3C4C=CC(C5CC45)C3C2=O)ccc1Cl. The largest absolute Gasteiger partial charge is 0.425 e. The molecule has 2 aromatic rings. The number of hydrogen-bond donors (Lipinski definition) is 0. The summed E-state index contributed by atoms with van der Waals surface area (Å²) in [4.78, 5) is 41.9. The normalized spacial score (nSPS) is 32.5. The van der Waals surface area contributed by atoms with E-state index in [1.54, 1.807) is 42.5 Å². The van der Waals surface area contributed by atoms with Crippen molar-refractivity contribution >= 4 is 29.4 Å². The minimum absolute atomic E-state index is 0.0998. The van der Waals surface area contributed by atoms with E-state index in [1.165, 1.54) is 4.90 Å². The third-order valence-corrected chi connectivity index (χ3v) is 8.07. The highest BCUT2D eigenvalue weighted by Gasteiger charge is 2.68. The predicted octanol–water partition coefficient (Wildman–Crippen LogP) is 4.35. The highest BCUT2D eigenvalue weighted by atomic mass is 35.5. The Morgan fingerprint density at radius 2 is 1.62 bits per heavy atom. The quantitative estimate of drug-likeness (QED) is 0.302. The number of aryl methyl sites for hydroxylation is 1. The fourth-order valence-corrected chi connectivity index (χ4v) is 6.23. The first-order chi connectivity index (χ1) is 15.5. The summed E-state index contributed by atoms with van der Waals surface area (Å²) in [5.74, 6) is -0.336. The Hall–Kier alpha value is -2.92. The monoisotopic (exact) mass is 447 g/mol. The van der Waals surface area contributed by atoms with E-state index in [1.807, 2.05) is 13.0 Å². The van der Waals surface area contributed by atoms with Crippen LogP contribution in [0.3, 0.4) is 0 Å². The van der Waals surface area contributed by atoms with Crippen molar-refractivity contribution < 1.29 is 19.1 Å². The first-order valence-electron chi connectivity index (χ1n) is 11.0. The number of imide groups is 1. The molecule has 0 spiro atoms. The van der Waals surface area contributed by atoms with Crippen LogP contribution in [-0.4, -0.2) is 22.7 Å². The third kappa shape index (κ3) is 2.80. The summed E-state index contributed by atoms with van der Waals surface area (Å²) in [5, 5.41) is 0.569. The molecule has 0 aromatic heterocycles. The van der Waals surface area contributed by atoms with Gasteiger partial charge in [-0.15, -0.1) is 0 Å². The number of amides is 2. The average molecular weight is 448 g/mol. The maximum atomic E-state index is 13.6. The number of rotatable bonds is 4. The maximum absolute atomic E-state index is 13.6. The van der Waals surface area contributed by atoms with Crippen molar-refractivity contribution in [1.29, 1.82) is 0 Å². The zero-order chi connectivity index (χ0) is 22.1. The lowest BCUT2D eigenvalue weighted by Gasteiger charge is -2.37. The van der Waals surface area contributed by atoms with Crippen LogP contribution in [0.5, 0.6) is 5.75 Å². The van der Waals surface area contributed by atoms with Gasteiger partial charge in [0.2, 0.25) is 11.8 Å². The van der Waals surface area contributed by atoms with E-state index in [0.717, 1.165) is 12.0 Å². The standard InChI is InChI=1S/C26H22ClNO4/c1-13-11-15(7-10-20(13)27)32-26(31)23(14-5-3-2-4-6-14)28-24(29)21-16-8-9-17(19-12-18(16)19)22(21)25(28)30/h2-11,16-19,21-23H,12H2,1H3. The molecule has 7 unspecified atom stereocenters. The Bertz CT molecular complexity index is 1140. The molecule has 0 radical (unpaired) electrons. The molecule has 1 aliphatic heterocycles. The van der Waals surface area contributed by atoms with E-state index in [2.05, 4.69) is 12.2 Å². The number of halogens is 1. The summed E-state index contributed by atoms with van der Waals surface area (Å²) >= 11 is 6.09. The van der Waals surface area contributed by atoms with E-state index in [9.17, 15) is 14.4 Å². The molecule has 1 heterocycles. The summed E-state index contributed by atoms with van der Waals surface area (Å²) in [6.45, 7) is 1.82. The van der Waals surface area contributed by atoms with Crippen LogP contribution in [0.15, 0.2) is 60.7 Å². The van der Waals surface area contributed by atoms with Crippen molar-refractivity contribution in [3.8, 4) is 5.75 Å². The Kier molecular flexibility index (Phi) is 4.34. The topological polar surface area (TPSA) is 63.7 Å². The van der Waals surface area contributed by atoms with Gasteiger partial charge in [-0.2, -0.15) is 0 Å². The number of nitrogens with zero attached hydrogens (tertiary/aromatic N) is 1. The molecular weight excluding hydrogens is 426 g/mol. The number of esters is 1. The highest BCUT2D eigenvalue weighted by Crippen LogP contribution is 2.65. The van der Waals surface area contributed by atoms with Gasteiger partial charge >= 0.3 is 5.97 Å². The van der Waals surface area contributed by atoms with Crippen LogP contribution >= 0.6 is 11.6 Å². The molecule has 7 atom stereocenters. The molecule has 4 aliphatic carbocycles. The number of ether oxygens (including phenoxy) is 1. The maximum Gasteiger partial charge on any atom is 0.339 e. The van der Waals surface area contributed by atoms with Crippen LogP contribution in [0.4, 0.5) is 0 Å². The van der Waals surface area contributed by atoms with Gasteiger partial charge < -0.3 is 4.74 Å². The van der Waals surface area contributed by atoms with Gasteiger partial charge in [-0.25, -0.2) is 4.79 Å². The lowest BCUT2D eigenvalue weighted by atomic mass is 9.63. The number of likely N-dealkylation sites (tertiary alicyclic amines) is 1. The second kappa shape index (κ2) is 7.04. The molecule has 2 aromatic carbocycles. The Morgan fingerprint density at radius 3 is 2.22 bits per heavy atom. The van der Waals surface area contributed by atoms with Gasteiger partial charge in [-0.1, -0.05) is 54.1 Å². The van der Waals surface area contributed by atoms with E-state index in [-0.39, 0.29) is 35.5 Å². The zero-order valence-electron chi connectivity index (χ0n) is 17.5. The van der Waals surface area contributed by atoms with Gasteiger partial charge in [0.1, 0.15) is 5.75 Å². The Morgan fingerprint density at radius 1 is 1.00 bits per heavy atom. The molecular formula is C26H22ClNO4. The van der Waals surface area contributed by atoms with Crippen molar-refractivity contribution in [2.75, 3.05) is 0 Å². The molecule has 5 aliphatic rings. The molecule has 6 heteroatoms. The second-order valence-electron chi connectivity index (χ2n) is 9.35. The summed E-state index contributed by atoms with van der Waals surface area (Å²) < 4.78 is 5.67. The van der Waals surface area contributed by atoms with Crippen molar-refractivity contribution in [2.24, 2.45) is 35.5 Å². The molecule has 5 nitrogen and oxygen atoms in total. The number of benzene rings is 2. The lowest BCUT2D eigenvalue weighted by molar-refractivity contribution is -0.154. The predicted molar refractivity (Wildman–Crippen MR) is 118 cm³/mol. The number of hydrogen-bond acceptors (Lipinski definition) is 4. The number of carbonyl (C=O) groups excluding carboxylic acids is 3. The molecule has 1 saturated heterocycles. The van der Waals surface area contributed by atoms with Crippen LogP contribution in [0.2, 0.25) is 5.02 Å². The minimum Gasteiger partial charge on any atom is -0.425 e. The van der Waals surface area contributed by atoms with Crippen LogP contribution in [-0.2, 0) is 14.4 Å². The van der Waals surface area contributed by atoms with E-state index < -0.39 is 12.0 Å². The van der Waals surface area contributed by atoms with Gasteiger partial charge in [0.15, 0.2) is 6.04 Å². The zero-order valence-corrected chi connectivity index (χ0v) is 18.2. The summed E-state index contributed by atoms with van der Waals surface area (Å²) in [5.41, 5.74) is 1.34. The molecule has 3 fully saturated rings. The molecule has 162 valence electrons. The highest BCUT2D eigenvalue weighted by molar-refractivity contribution is 6.31. The molecule has 32 heavy (non-hydrogen) atoms. The number of carbonyl (C=O) groups is 3. The molecule has 7 rings (SSSR count).